The van der Waals surface area contributed by atoms with E-state index in [2.05, 4.69) is 10.6 Å². The first-order chi connectivity index (χ1) is 10.1. The van der Waals surface area contributed by atoms with Gasteiger partial charge in [-0.2, -0.15) is 0 Å². The summed E-state index contributed by atoms with van der Waals surface area (Å²) in [5.74, 6) is 0.233. The smallest absolute Gasteiger partial charge is 0.338 e. The normalized spacial score (nSPS) is 15.2. The van der Waals surface area contributed by atoms with Crippen molar-refractivity contribution in [1.29, 1.82) is 0 Å². The molecule has 1 amide bonds. The van der Waals surface area contributed by atoms with Gasteiger partial charge in [0.25, 0.3) is 0 Å². The molecule has 1 aromatic carbocycles. The first kappa shape index (κ1) is 18.5. The number of nitrogens with one attached hydrogen (secondary N) is 2. The molecule has 5 nitrogen and oxygen atoms in total. The Morgan fingerprint density at radius 1 is 1.32 bits per heavy atom. The maximum atomic E-state index is 12.0. The van der Waals surface area contributed by atoms with Crippen LogP contribution in [0.5, 0.6) is 0 Å². The van der Waals surface area contributed by atoms with Crippen LogP contribution in [0.15, 0.2) is 24.3 Å². The molecule has 1 aliphatic heterocycles. The minimum absolute atomic E-state index is 0. The standard InChI is InChI=1S/C16H22N2O3.ClH/c1-3-21-16(20)13-6-4-12(5-7-13)8-18-15(19)11(2)14-9-17-10-14;/h4-7,11,14,17H,3,8-10H2,1-2H3,(H,18,19);1H. The predicted molar refractivity (Wildman–Crippen MR) is 87.0 cm³/mol. The van der Waals surface area contributed by atoms with Crippen LogP contribution in [-0.4, -0.2) is 31.6 Å². The van der Waals surface area contributed by atoms with Crippen molar-refractivity contribution < 1.29 is 14.3 Å². The van der Waals surface area contributed by atoms with Crippen LogP contribution in [0.25, 0.3) is 0 Å². The van der Waals surface area contributed by atoms with E-state index in [0.717, 1.165) is 18.7 Å². The van der Waals surface area contributed by atoms with Crippen LogP contribution in [-0.2, 0) is 16.1 Å². The number of carbonyl (C=O) groups excluding carboxylic acids is 2. The molecule has 1 aromatic rings. The fraction of sp³-hybridized carbons (Fsp3) is 0.500. The average Bonchev–Trinajstić information content (AvgIpc) is 2.43. The van der Waals surface area contributed by atoms with E-state index in [1.165, 1.54) is 0 Å². The van der Waals surface area contributed by atoms with Gasteiger partial charge in [0, 0.05) is 12.5 Å². The Kier molecular flexibility index (Phi) is 7.35. The lowest BCUT2D eigenvalue weighted by atomic mass is 9.88. The van der Waals surface area contributed by atoms with Crippen LogP contribution in [0.3, 0.4) is 0 Å². The fourth-order valence-electron chi connectivity index (χ4n) is 2.20. The Morgan fingerprint density at radius 2 is 1.95 bits per heavy atom. The van der Waals surface area contributed by atoms with Gasteiger partial charge in [-0.1, -0.05) is 19.1 Å². The molecule has 1 saturated heterocycles. The zero-order valence-electron chi connectivity index (χ0n) is 12.9. The van der Waals surface area contributed by atoms with Gasteiger partial charge in [-0.15, -0.1) is 12.4 Å². The molecule has 6 heteroatoms. The third-order valence-electron chi connectivity index (χ3n) is 3.87. The molecule has 22 heavy (non-hydrogen) atoms. The molecule has 0 saturated carbocycles. The van der Waals surface area contributed by atoms with E-state index in [-0.39, 0.29) is 30.2 Å². The Hall–Kier alpha value is -1.59. The second-order valence-electron chi connectivity index (χ2n) is 5.34. The monoisotopic (exact) mass is 326 g/mol. The quantitative estimate of drug-likeness (QED) is 0.782. The zero-order valence-corrected chi connectivity index (χ0v) is 13.7. The van der Waals surface area contributed by atoms with Crippen molar-refractivity contribution in [2.75, 3.05) is 19.7 Å². The Morgan fingerprint density at radius 3 is 2.45 bits per heavy atom. The van der Waals surface area contributed by atoms with E-state index >= 15 is 0 Å². The lowest BCUT2D eigenvalue weighted by Gasteiger charge is -2.31. The lowest BCUT2D eigenvalue weighted by molar-refractivity contribution is -0.126. The van der Waals surface area contributed by atoms with Crippen molar-refractivity contribution in [1.82, 2.24) is 10.6 Å². The van der Waals surface area contributed by atoms with Gasteiger partial charge in [0.15, 0.2) is 0 Å². The highest BCUT2D eigenvalue weighted by Crippen LogP contribution is 2.16. The molecule has 0 aliphatic carbocycles. The number of hydrogen-bond acceptors (Lipinski definition) is 4. The molecule has 1 unspecified atom stereocenters. The molecule has 0 bridgehead atoms. The number of hydrogen-bond donors (Lipinski definition) is 2. The summed E-state index contributed by atoms with van der Waals surface area (Å²) in [6.07, 6.45) is 0. The lowest BCUT2D eigenvalue weighted by Crippen LogP contribution is -2.49. The molecule has 2 N–H and O–H groups in total. The Balaban J connectivity index is 0.00000242. The number of amides is 1. The molecule has 0 aromatic heterocycles. The maximum absolute atomic E-state index is 12.0. The molecular formula is C16H23ClN2O3. The van der Waals surface area contributed by atoms with Crippen molar-refractivity contribution in [3.8, 4) is 0 Å². The summed E-state index contributed by atoms with van der Waals surface area (Å²) in [6, 6.07) is 7.11. The number of rotatable bonds is 6. The fourth-order valence-corrected chi connectivity index (χ4v) is 2.20. The van der Waals surface area contributed by atoms with E-state index in [4.69, 9.17) is 4.74 Å². The Labute approximate surface area is 137 Å². The highest BCUT2D eigenvalue weighted by atomic mass is 35.5. The summed E-state index contributed by atoms with van der Waals surface area (Å²) in [4.78, 5) is 23.5. The summed E-state index contributed by atoms with van der Waals surface area (Å²) in [5, 5.41) is 6.11. The molecule has 0 radical (unpaired) electrons. The van der Waals surface area contributed by atoms with Gasteiger partial charge in [0.2, 0.25) is 5.91 Å². The van der Waals surface area contributed by atoms with E-state index < -0.39 is 0 Å². The van der Waals surface area contributed by atoms with Gasteiger partial charge in [-0.3, -0.25) is 4.79 Å². The molecule has 1 aliphatic rings. The highest BCUT2D eigenvalue weighted by molar-refractivity contribution is 5.89. The van der Waals surface area contributed by atoms with Crippen LogP contribution in [0, 0.1) is 11.8 Å². The summed E-state index contributed by atoms with van der Waals surface area (Å²) < 4.78 is 4.93. The van der Waals surface area contributed by atoms with E-state index in [1.54, 1.807) is 19.1 Å². The minimum Gasteiger partial charge on any atom is -0.462 e. The van der Waals surface area contributed by atoms with E-state index in [1.807, 2.05) is 19.1 Å². The third-order valence-corrected chi connectivity index (χ3v) is 3.87. The van der Waals surface area contributed by atoms with Gasteiger partial charge in [0.05, 0.1) is 12.2 Å². The SMILES string of the molecule is CCOC(=O)c1ccc(CNC(=O)C(C)C2CNC2)cc1.Cl. The van der Waals surface area contributed by atoms with Crippen LogP contribution in [0.1, 0.15) is 29.8 Å². The van der Waals surface area contributed by atoms with Gasteiger partial charge in [-0.25, -0.2) is 4.79 Å². The molecule has 2 rings (SSSR count). The van der Waals surface area contributed by atoms with Gasteiger partial charge in [-0.05, 0) is 43.6 Å². The van der Waals surface area contributed by atoms with Crippen molar-refractivity contribution in [2.45, 2.75) is 20.4 Å². The van der Waals surface area contributed by atoms with Crippen LogP contribution in [0.2, 0.25) is 0 Å². The molecule has 1 heterocycles. The van der Waals surface area contributed by atoms with Crippen LogP contribution < -0.4 is 10.6 Å². The molecular weight excluding hydrogens is 304 g/mol. The van der Waals surface area contributed by atoms with E-state index in [0.29, 0.717) is 24.6 Å². The summed E-state index contributed by atoms with van der Waals surface area (Å²) in [7, 11) is 0. The third kappa shape index (κ3) is 4.71. The van der Waals surface area contributed by atoms with Crippen molar-refractivity contribution in [3.63, 3.8) is 0 Å². The summed E-state index contributed by atoms with van der Waals surface area (Å²) >= 11 is 0. The average molecular weight is 327 g/mol. The number of benzene rings is 1. The number of halogens is 1. The van der Waals surface area contributed by atoms with Crippen LogP contribution in [0.4, 0.5) is 0 Å². The van der Waals surface area contributed by atoms with E-state index in [9.17, 15) is 9.59 Å². The molecule has 1 fully saturated rings. The second-order valence-corrected chi connectivity index (χ2v) is 5.34. The second kappa shape index (κ2) is 8.76. The molecule has 0 spiro atoms. The van der Waals surface area contributed by atoms with Crippen molar-refractivity contribution in [3.05, 3.63) is 35.4 Å². The summed E-state index contributed by atoms with van der Waals surface area (Å²) in [5.41, 5.74) is 1.50. The molecule has 122 valence electrons. The van der Waals surface area contributed by atoms with Gasteiger partial charge < -0.3 is 15.4 Å². The van der Waals surface area contributed by atoms with Crippen molar-refractivity contribution >= 4 is 24.3 Å². The van der Waals surface area contributed by atoms with Crippen molar-refractivity contribution in [2.24, 2.45) is 11.8 Å². The van der Waals surface area contributed by atoms with Gasteiger partial charge >= 0.3 is 5.97 Å². The topological polar surface area (TPSA) is 67.4 Å². The predicted octanol–water partition coefficient (Wildman–Crippen LogP) is 1.76. The minimum atomic E-state index is -0.320. The number of esters is 1. The largest absolute Gasteiger partial charge is 0.462 e. The van der Waals surface area contributed by atoms with Gasteiger partial charge in [0.1, 0.15) is 0 Å². The maximum Gasteiger partial charge on any atom is 0.338 e. The molecule has 1 atom stereocenters. The number of carbonyl (C=O) groups is 2. The number of ether oxygens (including phenoxy) is 1. The zero-order chi connectivity index (χ0) is 15.2. The Bertz CT molecular complexity index is 501. The highest BCUT2D eigenvalue weighted by Gasteiger charge is 2.28. The summed E-state index contributed by atoms with van der Waals surface area (Å²) in [6.45, 7) is 6.42. The first-order valence-corrected chi connectivity index (χ1v) is 7.36. The first-order valence-electron chi connectivity index (χ1n) is 7.36. The van der Waals surface area contributed by atoms with Crippen LogP contribution >= 0.6 is 12.4 Å².